The van der Waals surface area contributed by atoms with Gasteiger partial charge in [-0.3, -0.25) is 4.79 Å². The third kappa shape index (κ3) is 1.80. The Morgan fingerprint density at radius 1 is 1.24 bits per heavy atom. The van der Waals surface area contributed by atoms with Gasteiger partial charge in [-0.05, 0) is 67.6 Å². The van der Waals surface area contributed by atoms with Gasteiger partial charge in [0.2, 0.25) is 0 Å². The van der Waals surface area contributed by atoms with Crippen molar-refractivity contribution in [3.63, 3.8) is 0 Å². The van der Waals surface area contributed by atoms with Crippen molar-refractivity contribution in [1.29, 1.82) is 0 Å². The van der Waals surface area contributed by atoms with Crippen LogP contribution >= 0.6 is 0 Å². The lowest BCUT2D eigenvalue weighted by atomic mass is 9.45. The summed E-state index contributed by atoms with van der Waals surface area (Å²) < 4.78 is 0. The van der Waals surface area contributed by atoms with E-state index in [0.717, 1.165) is 11.8 Å². The largest absolute Gasteiger partial charge is 0.481 e. The van der Waals surface area contributed by atoms with Crippen molar-refractivity contribution in [3.8, 4) is 0 Å². The van der Waals surface area contributed by atoms with Gasteiger partial charge in [0, 0.05) is 0 Å². The fraction of sp³-hybridized carbons (Fsp3) is 0.933. The molecule has 17 heavy (non-hydrogen) atoms. The van der Waals surface area contributed by atoms with E-state index in [0.29, 0.717) is 17.3 Å². The second-order valence-corrected chi connectivity index (χ2v) is 7.43. The van der Waals surface area contributed by atoms with Crippen molar-refractivity contribution in [1.82, 2.24) is 0 Å². The van der Waals surface area contributed by atoms with Crippen LogP contribution in [0.2, 0.25) is 0 Å². The third-order valence-corrected chi connectivity index (χ3v) is 5.53. The first kappa shape index (κ1) is 11.6. The fourth-order valence-corrected chi connectivity index (χ4v) is 5.71. The van der Waals surface area contributed by atoms with Crippen molar-refractivity contribution >= 4 is 5.97 Å². The molecular formula is C15H24O2. The Hall–Kier alpha value is -0.530. The molecule has 96 valence electrons. The minimum absolute atomic E-state index is 0.00756. The zero-order valence-corrected chi connectivity index (χ0v) is 11.0. The van der Waals surface area contributed by atoms with Crippen LogP contribution < -0.4 is 0 Å². The van der Waals surface area contributed by atoms with E-state index in [1.807, 2.05) is 0 Å². The van der Waals surface area contributed by atoms with Crippen molar-refractivity contribution in [2.24, 2.45) is 35.0 Å². The van der Waals surface area contributed by atoms with Gasteiger partial charge in [0.15, 0.2) is 0 Å². The molecule has 2 nitrogen and oxygen atoms in total. The number of aliphatic carboxylic acids is 1. The molecule has 4 saturated carbocycles. The molecule has 0 aromatic rings. The molecule has 1 N–H and O–H groups in total. The first-order chi connectivity index (χ1) is 7.99. The van der Waals surface area contributed by atoms with Crippen molar-refractivity contribution < 1.29 is 9.90 Å². The summed E-state index contributed by atoms with van der Waals surface area (Å²) in [5, 5.41) is 9.41. The van der Waals surface area contributed by atoms with Crippen LogP contribution in [0.25, 0.3) is 0 Å². The maximum Gasteiger partial charge on any atom is 0.307 e. The Morgan fingerprint density at radius 2 is 1.82 bits per heavy atom. The highest BCUT2D eigenvalue weighted by Crippen LogP contribution is 2.64. The normalized spacial score (nSPS) is 47.7. The van der Waals surface area contributed by atoms with E-state index in [9.17, 15) is 9.90 Å². The summed E-state index contributed by atoms with van der Waals surface area (Å²) in [6.07, 6.45) is 7.53. The maximum absolute atomic E-state index is 11.4. The van der Waals surface area contributed by atoms with Gasteiger partial charge < -0.3 is 5.11 Å². The number of carboxylic acids is 1. The van der Waals surface area contributed by atoms with E-state index in [2.05, 4.69) is 13.8 Å². The number of hydrogen-bond acceptors (Lipinski definition) is 1. The number of carbonyl (C=O) groups is 1. The van der Waals surface area contributed by atoms with E-state index in [1.54, 1.807) is 0 Å². The standard InChI is InChI=1S/C15H24O2/c1-9(2)5-15-6-10-3-11(7-15)13(14(16)17)12(4-10)8-15/h9-13H,3-8H2,1-2H3,(H,16,17). The van der Waals surface area contributed by atoms with E-state index < -0.39 is 5.97 Å². The fourth-order valence-electron chi connectivity index (χ4n) is 5.71. The molecule has 2 unspecified atom stereocenters. The first-order valence-electron chi connectivity index (χ1n) is 7.22. The van der Waals surface area contributed by atoms with Crippen molar-refractivity contribution in [3.05, 3.63) is 0 Å². The number of carboxylic acid groups (broad SMARTS) is 1. The van der Waals surface area contributed by atoms with Gasteiger partial charge in [0.1, 0.15) is 0 Å². The SMILES string of the molecule is CC(C)CC12CC3CC(C1)C(C(=O)O)C(C3)C2. The molecule has 0 saturated heterocycles. The van der Waals surface area contributed by atoms with Gasteiger partial charge in [-0.15, -0.1) is 0 Å². The average Bonchev–Trinajstić information content (AvgIpc) is 2.11. The molecule has 0 heterocycles. The van der Waals surface area contributed by atoms with Crippen LogP contribution in [0.5, 0.6) is 0 Å². The zero-order valence-electron chi connectivity index (χ0n) is 11.0. The summed E-state index contributed by atoms with van der Waals surface area (Å²) in [5.41, 5.74) is 0.524. The highest BCUT2D eigenvalue weighted by Gasteiger charge is 2.56. The lowest BCUT2D eigenvalue weighted by Crippen LogP contribution is -2.53. The summed E-state index contributed by atoms with van der Waals surface area (Å²) >= 11 is 0. The molecule has 4 bridgehead atoms. The summed E-state index contributed by atoms with van der Waals surface area (Å²) in [6.45, 7) is 4.63. The average molecular weight is 236 g/mol. The predicted molar refractivity (Wildman–Crippen MR) is 66.6 cm³/mol. The molecule has 0 radical (unpaired) electrons. The third-order valence-electron chi connectivity index (χ3n) is 5.53. The smallest absolute Gasteiger partial charge is 0.307 e. The minimum Gasteiger partial charge on any atom is -0.481 e. The van der Waals surface area contributed by atoms with E-state index >= 15 is 0 Å². The molecule has 0 aliphatic heterocycles. The molecule has 0 aromatic carbocycles. The van der Waals surface area contributed by atoms with E-state index in [1.165, 1.54) is 38.5 Å². The van der Waals surface area contributed by atoms with Crippen LogP contribution in [0.4, 0.5) is 0 Å². The van der Waals surface area contributed by atoms with Crippen LogP contribution in [-0.2, 0) is 4.79 Å². The molecule has 4 aliphatic carbocycles. The van der Waals surface area contributed by atoms with Gasteiger partial charge >= 0.3 is 5.97 Å². The highest BCUT2D eigenvalue weighted by molar-refractivity contribution is 5.71. The van der Waals surface area contributed by atoms with Gasteiger partial charge in [0.25, 0.3) is 0 Å². The van der Waals surface area contributed by atoms with Crippen LogP contribution in [0, 0.1) is 35.0 Å². The Kier molecular flexibility index (Phi) is 2.53. The summed E-state index contributed by atoms with van der Waals surface area (Å²) in [5.74, 6) is 2.08. The van der Waals surface area contributed by atoms with Gasteiger partial charge in [-0.25, -0.2) is 0 Å². The van der Waals surface area contributed by atoms with Gasteiger partial charge in [0.05, 0.1) is 5.92 Å². The molecular weight excluding hydrogens is 212 g/mol. The van der Waals surface area contributed by atoms with E-state index in [-0.39, 0.29) is 5.92 Å². The molecule has 4 rings (SSSR count). The van der Waals surface area contributed by atoms with Crippen LogP contribution in [0.15, 0.2) is 0 Å². The van der Waals surface area contributed by atoms with Gasteiger partial charge in [-0.1, -0.05) is 13.8 Å². The number of rotatable bonds is 3. The predicted octanol–water partition coefficient (Wildman–Crippen LogP) is 3.56. The maximum atomic E-state index is 11.4. The lowest BCUT2D eigenvalue weighted by molar-refractivity contribution is -0.164. The summed E-state index contributed by atoms with van der Waals surface area (Å²) in [7, 11) is 0. The Balaban J connectivity index is 1.84. The molecule has 0 aromatic heterocycles. The second kappa shape index (κ2) is 3.73. The minimum atomic E-state index is -0.515. The Bertz CT molecular complexity index is 314. The molecule has 0 amide bonds. The topological polar surface area (TPSA) is 37.3 Å². The molecule has 0 spiro atoms. The monoisotopic (exact) mass is 236 g/mol. The van der Waals surface area contributed by atoms with Crippen LogP contribution in [0.3, 0.4) is 0 Å². The van der Waals surface area contributed by atoms with Crippen molar-refractivity contribution in [2.75, 3.05) is 0 Å². The summed E-state index contributed by atoms with van der Waals surface area (Å²) in [4.78, 5) is 11.4. The van der Waals surface area contributed by atoms with E-state index in [4.69, 9.17) is 0 Å². The molecule has 2 heteroatoms. The second-order valence-electron chi connectivity index (χ2n) is 7.43. The van der Waals surface area contributed by atoms with Crippen LogP contribution in [0.1, 0.15) is 52.4 Å². The Labute approximate surface area is 104 Å². The lowest BCUT2D eigenvalue weighted by Gasteiger charge is -2.59. The Morgan fingerprint density at radius 3 is 2.29 bits per heavy atom. The summed E-state index contributed by atoms with van der Waals surface area (Å²) in [6, 6.07) is 0. The quantitative estimate of drug-likeness (QED) is 0.813. The zero-order chi connectivity index (χ0) is 12.2. The van der Waals surface area contributed by atoms with Crippen molar-refractivity contribution in [2.45, 2.75) is 52.4 Å². The molecule has 4 aliphatic rings. The highest BCUT2D eigenvalue weighted by atomic mass is 16.4. The first-order valence-corrected chi connectivity index (χ1v) is 7.22. The molecule has 4 fully saturated rings. The molecule has 2 atom stereocenters. The number of hydrogen-bond donors (Lipinski definition) is 1. The van der Waals surface area contributed by atoms with Crippen LogP contribution in [-0.4, -0.2) is 11.1 Å². The van der Waals surface area contributed by atoms with Gasteiger partial charge in [-0.2, -0.15) is 0 Å².